The van der Waals surface area contributed by atoms with Crippen LogP contribution in [-0.2, 0) is 0 Å². The van der Waals surface area contributed by atoms with Crippen molar-refractivity contribution in [1.29, 1.82) is 0 Å². The van der Waals surface area contributed by atoms with Crippen LogP contribution in [0.15, 0.2) is 24.3 Å². The molecular formula is C18H25N. The normalized spacial score (nSPS) is 25.3. The summed E-state index contributed by atoms with van der Waals surface area (Å²) in [5.41, 5.74) is 4.65. The number of rotatable bonds is 1. The molecule has 1 heterocycles. The van der Waals surface area contributed by atoms with Crippen molar-refractivity contribution in [3.05, 3.63) is 35.4 Å². The Morgan fingerprint density at radius 1 is 1.21 bits per heavy atom. The van der Waals surface area contributed by atoms with Crippen molar-refractivity contribution in [3.63, 3.8) is 0 Å². The van der Waals surface area contributed by atoms with E-state index in [2.05, 4.69) is 49.5 Å². The van der Waals surface area contributed by atoms with Crippen LogP contribution in [0.25, 0.3) is 6.08 Å². The third kappa shape index (κ3) is 2.31. The summed E-state index contributed by atoms with van der Waals surface area (Å²) >= 11 is 0. The molecule has 0 aromatic heterocycles. The number of allylic oxidation sites excluding steroid dienone is 1. The summed E-state index contributed by atoms with van der Waals surface area (Å²) in [5.74, 6) is 0.680. The molecule has 1 aromatic rings. The molecule has 1 N–H and O–H groups in total. The molecule has 0 radical (unpaired) electrons. The number of fused-ring (bicyclic) bond motifs is 1. The minimum atomic E-state index is 0.377. The maximum Gasteiger partial charge on any atom is 0.0453 e. The first-order valence-corrected chi connectivity index (χ1v) is 7.78. The lowest BCUT2D eigenvalue weighted by Gasteiger charge is -2.46. The van der Waals surface area contributed by atoms with E-state index in [1.54, 1.807) is 0 Å². The van der Waals surface area contributed by atoms with Gasteiger partial charge in [0.25, 0.3) is 0 Å². The summed E-state index contributed by atoms with van der Waals surface area (Å²) in [4.78, 5) is 0. The minimum absolute atomic E-state index is 0.377. The van der Waals surface area contributed by atoms with Crippen LogP contribution in [0.2, 0.25) is 0 Å². The van der Waals surface area contributed by atoms with Gasteiger partial charge in [-0.15, -0.1) is 0 Å². The largest absolute Gasteiger partial charge is 0.379 e. The third-order valence-electron chi connectivity index (χ3n) is 4.90. The monoisotopic (exact) mass is 255 g/mol. The molecule has 1 heteroatoms. The molecule has 3 rings (SSSR count). The molecule has 0 bridgehead atoms. The predicted molar refractivity (Wildman–Crippen MR) is 83.6 cm³/mol. The molecule has 0 amide bonds. The van der Waals surface area contributed by atoms with E-state index in [-0.39, 0.29) is 0 Å². The van der Waals surface area contributed by atoms with Gasteiger partial charge in [-0.05, 0) is 43.2 Å². The highest BCUT2D eigenvalue weighted by atomic mass is 15.0. The molecular weight excluding hydrogens is 230 g/mol. The first-order chi connectivity index (χ1) is 9.24. The zero-order chi connectivity index (χ0) is 13.3. The van der Waals surface area contributed by atoms with Crippen LogP contribution in [0.1, 0.15) is 69.4 Å². The first kappa shape index (κ1) is 12.8. The van der Waals surface area contributed by atoms with Gasteiger partial charge in [0, 0.05) is 11.2 Å². The summed E-state index contributed by atoms with van der Waals surface area (Å²) in [6.07, 6.45) is 12.6. The fourth-order valence-corrected chi connectivity index (χ4v) is 4.03. The molecule has 1 atom stereocenters. The van der Waals surface area contributed by atoms with Crippen molar-refractivity contribution < 1.29 is 0 Å². The van der Waals surface area contributed by atoms with Gasteiger partial charge in [0.2, 0.25) is 0 Å². The van der Waals surface area contributed by atoms with E-state index in [4.69, 9.17) is 0 Å². The summed E-state index contributed by atoms with van der Waals surface area (Å²) in [5, 5.41) is 3.94. The Labute approximate surface area is 117 Å². The lowest BCUT2D eigenvalue weighted by molar-refractivity contribution is 0.281. The molecule has 1 unspecified atom stereocenters. The average Bonchev–Trinajstić information content (AvgIpc) is 2.41. The van der Waals surface area contributed by atoms with E-state index >= 15 is 0 Å². The van der Waals surface area contributed by atoms with E-state index in [1.807, 2.05) is 0 Å². The number of hydrogen-bond donors (Lipinski definition) is 1. The number of nitrogens with one attached hydrogen (secondary N) is 1. The highest BCUT2D eigenvalue weighted by molar-refractivity contribution is 5.72. The van der Waals surface area contributed by atoms with Crippen molar-refractivity contribution in [3.8, 4) is 0 Å². The molecule has 1 saturated carbocycles. The Morgan fingerprint density at radius 2 is 2.00 bits per heavy atom. The van der Waals surface area contributed by atoms with Crippen LogP contribution in [-0.4, -0.2) is 5.54 Å². The van der Waals surface area contributed by atoms with Gasteiger partial charge in [-0.25, -0.2) is 0 Å². The van der Waals surface area contributed by atoms with Crippen LogP contribution in [0, 0.1) is 0 Å². The molecule has 1 aliphatic carbocycles. The van der Waals surface area contributed by atoms with E-state index in [0.29, 0.717) is 11.5 Å². The maximum absolute atomic E-state index is 3.94. The zero-order valence-corrected chi connectivity index (χ0v) is 12.2. The van der Waals surface area contributed by atoms with Gasteiger partial charge >= 0.3 is 0 Å². The summed E-state index contributed by atoms with van der Waals surface area (Å²) < 4.78 is 0. The molecule has 1 spiro atoms. The van der Waals surface area contributed by atoms with Gasteiger partial charge in [0.05, 0.1) is 0 Å². The van der Waals surface area contributed by atoms with Crippen molar-refractivity contribution >= 4 is 11.8 Å². The topological polar surface area (TPSA) is 12.0 Å². The van der Waals surface area contributed by atoms with Crippen LogP contribution in [0.5, 0.6) is 0 Å². The van der Waals surface area contributed by atoms with Crippen molar-refractivity contribution in [2.75, 3.05) is 5.32 Å². The molecule has 0 saturated heterocycles. The quantitative estimate of drug-likeness (QED) is 0.714. The Bertz CT molecular complexity index is 480. The second-order valence-corrected chi connectivity index (χ2v) is 6.38. The van der Waals surface area contributed by atoms with Gasteiger partial charge in [0.1, 0.15) is 0 Å². The lowest BCUT2D eigenvalue weighted by Crippen LogP contribution is -2.44. The lowest BCUT2D eigenvalue weighted by atomic mass is 9.71. The predicted octanol–water partition coefficient (Wildman–Crippen LogP) is 5.34. The summed E-state index contributed by atoms with van der Waals surface area (Å²) in [6.45, 7) is 4.50. The molecule has 1 aliphatic heterocycles. The molecule has 1 fully saturated rings. The zero-order valence-electron chi connectivity index (χ0n) is 12.2. The SMILES string of the molecule is C/C=C/c1cccc2c1NC1(CCCCC1)CC2C. The van der Waals surface area contributed by atoms with Crippen LogP contribution >= 0.6 is 0 Å². The van der Waals surface area contributed by atoms with Gasteiger partial charge in [-0.1, -0.05) is 56.5 Å². The van der Waals surface area contributed by atoms with E-state index in [9.17, 15) is 0 Å². The number of benzene rings is 1. The minimum Gasteiger partial charge on any atom is -0.379 e. The molecule has 19 heavy (non-hydrogen) atoms. The molecule has 102 valence electrons. The molecule has 2 aliphatic rings. The fourth-order valence-electron chi connectivity index (χ4n) is 4.03. The number of para-hydroxylation sites is 1. The van der Waals surface area contributed by atoms with Crippen molar-refractivity contribution in [1.82, 2.24) is 0 Å². The first-order valence-electron chi connectivity index (χ1n) is 7.78. The Morgan fingerprint density at radius 3 is 2.74 bits per heavy atom. The third-order valence-corrected chi connectivity index (χ3v) is 4.90. The van der Waals surface area contributed by atoms with Crippen molar-refractivity contribution in [2.45, 2.75) is 63.8 Å². The summed E-state index contributed by atoms with van der Waals surface area (Å²) in [6, 6.07) is 6.74. The highest BCUT2D eigenvalue weighted by Gasteiger charge is 2.38. The van der Waals surface area contributed by atoms with Crippen LogP contribution in [0.4, 0.5) is 5.69 Å². The van der Waals surface area contributed by atoms with Crippen LogP contribution < -0.4 is 5.32 Å². The smallest absolute Gasteiger partial charge is 0.0453 e. The van der Waals surface area contributed by atoms with E-state index < -0.39 is 0 Å². The van der Waals surface area contributed by atoms with Crippen molar-refractivity contribution in [2.24, 2.45) is 0 Å². The second-order valence-electron chi connectivity index (χ2n) is 6.38. The Hall–Kier alpha value is -1.24. The molecule has 1 aromatic carbocycles. The van der Waals surface area contributed by atoms with Gasteiger partial charge in [-0.2, -0.15) is 0 Å². The van der Waals surface area contributed by atoms with E-state index in [1.165, 1.54) is 55.3 Å². The van der Waals surface area contributed by atoms with Crippen LogP contribution in [0.3, 0.4) is 0 Å². The Balaban J connectivity index is 2.01. The summed E-state index contributed by atoms with van der Waals surface area (Å²) in [7, 11) is 0. The number of anilines is 1. The van der Waals surface area contributed by atoms with Gasteiger partial charge < -0.3 is 5.32 Å². The molecule has 1 nitrogen and oxygen atoms in total. The highest BCUT2D eigenvalue weighted by Crippen LogP contribution is 2.46. The number of hydrogen-bond acceptors (Lipinski definition) is 1. The average molecular weight is 255 g/mol. The Kier molecular flexibility index (Phi) is 3.38. The maximum atomic E-state index is 3.94. The fraction of sp³-hybridized carbons (Fsp3) is 0.556. The standard InChI is InChI=1S/C18H25N/c1-3-8-15-9-7-10-16-14(2)13-18(19-17(15)16)11-5-4-6-12-18/h3,7-10,14,19H,4-6,11-13H2,1-2H3/b8-3+. The van der Waals surface area contributed by atoms with Gasteiger partial charge in [-0.3, -0.25) is 0 Å². The van der Waals surface area contributed by atoms with E-state index in [0.717, 1.165) is 0 Å². The second kappa shape index (κ2) is 5.03. The van der Waals surface area contributed by atoms with Gasteiger partial charge in [0.15, 0.2) is 0 Å².